The van der Waals surface area contributed by atoms with Crippen molar-refractivity contribution in [3.8, 4) is 5.75 Å². The molecule has 0 amide bonds. The van der Waals surface area contributed by atoms with Crippen LogP contribution < -0.4 is 4.74 Å². The number of nitrogens with one attached hydrogen (secondary N) is 1. The summed E-state index contributed by atoms with van der Waals surface area (Å²) < 4.78 is 5.46. The number of ether oxygens (including phenoxy) is 1. The number of aromatic amines is 1. The number of aromatic nitrogens is 2. The summed E-state index contributed by atoms with van der Waals surface area (Å²) in [6, 6.07) is 5.38. The van der Waals surface area contributed by atoms with Crippen LogP contribution in [0.4, 0.5) is 0 Å². The highest BCUT2D eigenvalue weighted by Gasteiger charge is 2.17. The topological polar surface area (TPSA) is 75.2 Å². The number of imidazole rings is 1. The van der Waals surface area contributed by atoms with E-state index in [0.29, 0.717) is 18.1 Å². The van der Waals surface area contributed by atoms with E-state index in [9.17, 15) is 4.79 Å². The number of hydrogen-bond acceptors (Lipinski definition) is 3. The third-order valence-electron chi connectivity index (χ3n) is 2.94. The van der Waals surface area contributed by atoms with Gasteiger partial charge in [-0.3, -0.25) is 0 Å². The van der Waals surface area contributed by atoms with Gasteiger partial charge in [0.15, 0.2) is 6.10 Å². The van der Waals surface area contributed by atoms with Crippen LogP contribution in [0.15, 0.2) is 18.2 Å². The Bertz CT molecular complexity index is 589. The van der Waals surface area contributed by atoms with Crippen molar-refractivity contribution in [2.75, 3.05) is 0 Å². The van der Waals surface area contributed by atoms with Gasteiger partial charge in [-0.2, -0.15) is 0 Å². The maximum absolute atomic E-state index is 10.9. The molecule has 0 bridgehead atoms. The van der Waals surface area contributed by atoms with Crippen molar-refractivity contribution < 1.29 is 14.6 Å². The van der Waals surface area contributed by atoms with Crippen LogP contribution in [0.3, 0.4) is 0 Å². The zero-order valence-corrected chi connectivity index (χ0v) is 11.3. The highest BCUT2D eigenvalue weighted by atomic mass is 16.5. The van der Waals surface area contributed by atoms with E-state index in [1.54, 1.807) is 19.1 Å². The normalized spacial score (nSPS) is 12.8. The summed E-state index contributed by atoms with van der Waals surface area (Å²) in [5, 5.41) is 8.98. The van der Waals surface area contributed by atoms with Gasteiger partial charge < -0.3 is 14.8 Å². The Morgan fingerprint density at radius 2 is 2.21 bits per heavy atom. The van der Waals surface area contributed by atoms with Crippen LogP contribution in [-0.4, -0.2) is 27.1 Å². The Morgan fingerprint density at radius 1 is 1.47 bits per heavy atom. The Labute approximate surface area is 111 Å². The molecule has 5 nitrogen and oxygen atoms in total. The lowest BCUT2D eigenvalue weighted by Crippen LogP contribution is -2.25. The average molecular weight is 262 g/mol. The third-order valence-corrected chi connectivity index (χ3v) is 2.94. The lowest BCUT2D eigenvalue weighted by Gasteiger charge is -2.12. The second kappa shape index (κ2) is 5.30. The van der Waals surface area contributed by atoms with Gasteiger partial charge in [-0.15, -0.1) is 0 Å². The van der Waals surface area contributed by atoms with E-state index < -0.39 is 12.1 Å². The molecule has 2 N–H and O–H groups in total. The molecule has 1 aromatic heterocycles. The standard InChI is InChI=1S/C14H18N2O3/c1-4-12(14(17)18)19-9-5-6-10-11(7-9)16-13(15-10)8(2)3/h5-8,12H,4H2,1-3H3,(H,15,16)(H,17,18). The summed E-state index contributed by atoms with van der Waals surface area (Å²) in [5.74, 6) is 0.826. The summed E-state index contributed by atoms with van der Waals surface area (Å²) in [6.45, 7) is 5.91. The van der Waals surface area contributed by atoms with Crippen molar-refractivity contribution in [1.82, 2.24) is 9.97 Å². The van der Waals surface area contributed by atoms with Gasteiger partial charge in [0.1, 0.15) is 11.6 Å². The van der Waals surface area contributed by atoms with Crippen molar-refractivity contribution in [3.63, 3.8) is 0 Å². The first-order valence-electron chi connectivity index (χ1n) is 6.40. The molecule has 0 spiro atoms. The number of fused-ring (bicyclic) bond motifs is 1. The largest absolute Gasteiger partial charge is 0.479 e. The minimum absolute atomic E-state index is 0.319. The smallest absolute Gasteiger partial charge is 0.344 e. The van der Waals surface area contributed by atoms with Crippen LogP contribution in [0, 0.1) is 0 Å². The van der Waals surface area contributed by atoms with E-state index >= 15 is 0 Å². The fourth-order valence-electron chi connectivity index (χ4n) is 1.83. The minimum Gasteiger partial charge on any atom is -0.479 e. The molecule has 0 radical (unpaired) electrons. The third kappa shape index (κ3) is 2.86. The van der Waals surface area contributed by atoms with Crippen LogP contribution in [0.2, 0.25) is 0 Å². The number of aliphatic carboxylic acids is 1. The van der Waals surface area contributed by atoms with Crippen molar-refractivity contribution in [3.05, 3.63) is 24.0 Å². The fraction of sp³-hybridized carbons (Fsp3) is 0.429. The first-order chi connectivity index (χ1) is 9.01. The quantitative estimate of drug-likeness (QED) is 0.868. The zero-order valence-electron chi connectivity index (χ0n) is 11.3. The summed E-state index contributed by atoms with van der Waals surface area (Å²) in [4.78, 5) is 18.6. The predicted molar refractivity (Wildman–Crippen MR) is 72.5 cm³/mol. The van der Waals surface area contributed by atoms with Gasteiger partial charge in [0.05, 0.1) is 11.0 Å². The maximum Gasteiger partial charge on any atom is 0.344 e. The highest BCUT2D eigenvalue weighted by molar-refractivity contribution is 5.77. The van der Waals surface area contributed by atoms with Crippen LogP contribution in [0.1, 0.15) is 38.9 Å². The number of hydrogen-bond donors (Lipinski definition) is 2. The van der Waals surface area contributed by atoms with Gasteiger partial charge >= 0.3 is 5.97 Å². The van der Waals surface area contributed by atoms with Gasteiger partial charge in [-0.25, -0.2) is 9.78 Å². The molecule has 102 valence electrons. The molecule has 1 aromatic carbocycles. The van der Waals surface area contributed by atoms with E-state index in [2.05, 4.69) is 23.8 Å². The summed E-state index contributed by atoms with van der Waals surface area (Å²) >= 11 is 0. The first-order valence-corrected chi connectivity index (χ1v) is 6.40. The Balaban J connectivity index is 2.28. The van der Waals surface area contributed by atoms with E-state index in [-0.39, 0.29) is 0 Å². The minimum atomic E-state index is -0.949. The lowest BCUT2D eigenvalue weighted by atomic mass is 10.2. The van der Waals surface area contributed by atoms with Gasteiger partial charge in [-0.05, 0) is 18.6 Å². The summed E-state index contributed by atoms with van der Waals surface area (Å²) in [7, 11) is 0. The van der Waals surface area contributed by atoms with E-state index in [1.165, 1.54) is 0 Å². The van der Waals surface area contributed by atoms with E-state index in [0.717, 1.165) is 16.9 Å². The van der Waals surface area contributed by atoms with Crippen LogP contribution in [0.25, 0.3) is 11.0 Å². The molecule has 2 rings (SSSR count). The molecule has 0 saturated heterocycles. The number of nitrogens with zero attached hydrogens (tertiary/aromatic N) is 1. The molecular weight excluding hydrogens is 244 g/mol. The fourth-order valence-corrected chi connectivity index (χ4v) is 1.83. The second-order valence-corrected chi connectivity index (χ2v) is 4.81. The monoisotopic (exact) mass is 262 g/mol. The molecule has 0 fully saturated rings. The number of carbonyl (C=O) groups is 1. The van der Waals surface area contributed by atoms with Crippen LogP contribution in [-0.2, 0) is 4.79 Å². The summed E-state index contributed by atoms with van der Waals surface area (Å²) in [5.41, 5.74) is 1.72. The predicted octanol–water partition coefficient (Wildman–Crippen LogP) is 2.93. The molecule has 0 aliphatic heterocycles. The molecule has 1 heterocycles. The number of carboxylic acids is 1. The SMILES string of the molecule is CCC(Oc1ccc2nc(C(C)C)[nH]c2c1)C(=O)O. The number of rotatable bonds is 5. The second-order valence-electron chi connectivity index (χ2n) is 4.81. The summed E-state index contributed by atoms with van der Waals surface area (Å²) in [6.07, 6.45) is -0.391. The van der Waals surface area contributed by atoms with Crippen molar-refractivity contribution in [2.45, 2.75) is 39.2 Å². The van der Waals surface area contributed by atoms with E-state index in [4.69, 9.17) is 9.84 Å². The molecule has 5 heteroatoms. The Morgan fingerprint density at radius 3 is 2.79 bits per heavy atom. The molecule has 2 aromatic rings. The van der Waals surface area contributed by atoms with Crippen LogP contribution in [0.5, 0.6) is 5.75 Å². The van der Waals surface area contributed by atoms with E-state index in [1.807, 2.05) is 6.07 Å². The number of carboxylic acid groups (broad SMARTS) is 1. The average Bonchev–Trinajstić information content (AvgIpc) is 2.78. The van der Waals surface area contributed by atoms with Gasteiger partial charge in [0, 0.05) is 12.0 Å². The first kappa shape index (κ1) is 13.4. The Hall–Kier alpha value is -2.04. The molecular formula is C14H18N2O3. The van der Waals surface area contributed by atoms with Crippen molar-refractivity contribution in [2.24, 2.45) is 0 Å². The molecule has 1 unspecified atom stereocenters. The lowest BCUT2D eigenvalue weighted by molar-refractivity contribution is -0.145. The number of benzene rings is 1. The van der Waals surface area contributed by atoms with Gasteiger partial charge in [-0.1, -0.05) is 20.8 Å². The van der Waals surface area contributed by atoms with Gasteiger partial charge in [0.25, 0.3) is 0 Å². The van der Waals surface area contributed by atoms with Crippen LogP contribution >= 0.6 is 0 Å². The zero-order chi connectivity index (χ0) is 14.0. The Kier molecular flexibility index (Phi) is 3.74. The molecule has 0 aliphatic rings. The van der Waals surface area contributed by atoms with Crippen molar-refractivity contribution >= 4 is 17.0 Å². The van der Waals surface area contributed by atoms with Crippen molar-refractivity contribution in [1.29, 1.82) is 0 Å². The molecule has 19 heavy (non-hydrogen) atoms. The molecule has 0 saturated carbocycles. The maximum atomic E-state index is 10.9. The van der Waals surface area contributed by atoms with Gasteiger partial charge in [0.2, 0.25) is 0 Å². The molecule has 1 atom stereocenters. The number of H-pyrrole nitrogens is 1. The molecule has 0 aliphatic carbocycles. The highest BCUT2D eigenvalue weighted by Crippen LogP contribution is 2.22.